The molecule has 12 nitrogen and oxygen atoms in total. The van der Waals surface area contributed by atoms with Crippen LogP contribution in [0.3, 0.4) is 0 Å². The molecule has 3 aromatic rings. The summed E-state index contributed by atoms with van der Waals surface area (Å²) in [5.41, 5.74) is 2.77. The summed E-state index contributed by atoms with van der Waals surface area (Å²) in [5, 5.41) is 24.3. The summed E-state index contributed by atoms with van der Waals surface area (Å²) in [5.74, 6) is -1.93. The summed E-state index contributed by atoms with van der Waals surface area (Å²) < 4.78 is 29.9. The Labute approximate surface area is 233 Å². The molecule has 0 saturated heterocycles. The van der Waals surface area contributed by atoms with E-state index in [-0.39, 0.29) is 11.2 Å². The molecule has 1 aliphatic rings. The van der Waals surface area contributed by atoms with Gasteiger partial charge in [-0.3, -0.25) is 29.9 Å². The molecule has 2 aromatic carbocycles. The Morgan fingerprint density at radius 3 is 2.58 bits per heavy atom. The van der Waals surface area contributed by atoms with Crippen molar-refractivity contribution < 1.29 is 23.1 Å². The number of aliphatic imine (C=N–C) groups is 1. The topological polar surface area (TPSA) is 167 Å². The quantitative estimate of drug-likeness (QED) is 0.203. The Bertz CT molecular complexity index is 1510. The van der Waals surface area contributed by atoms with Crippen molar-refractivity contribution in [3.8, 4) is 0 Å². The molecule has 1 aliphatic heterocycles. The normalized spacial score (nSPS) is 16.2. The van der Waals surface area contributed by atoms with Crippen molar-refractivity contribution in [2.75, 3.05) is 19.6 Å². The van der Waals surface area contributed by atoms with E-state index >= 15 is 0 Å². The van der Waals surface area contributed by atoms with Gasteiger partial charge in [0.2, 0.25) is 10.0 Å². The Kier molecular flexibility index (Phi) is 9.30. The van der Waals surface area contributed by atoms with Crippen LogP contribution in [0.25, 0.3) is 10.9 Å². The van der Waals surface area contributed by atoms with Gasteiger partial charge in [0.05, 0.1) is 21.7 Å². The maximum atomic E-state index is 13.2. The molecule has 0 aliphatic carbocycles. The van der Waals surface area contributed by atoms with Crippen LogP contribution in [0.1, 0.15) is 40.0 Å². The lowest BCUT2D eigenvalue weighted by atomic mass is 10.1. The molecule has 5 N–H and O–H groups in total. The van der Waals surface area contributed by atoms with Gasteiger partial charge in [0, 0.05) is 31.7 Å². The highest BCUT2D eigenvalue weighted by Gasteiger charge is 2.28. The molecule has 0 radical (unpaired) electrons. The van der Waals surface area contributed by atoms with E-state index in [1.54, 1.807) is 55.9 Å². The fraction of sp³-hybridized carbons (Fsp3) is 0.407. The van der Waals surface area contributed by atoms with Crippen molar-refractivity contribution in [1.29, 1.82) is 0 Å². The number of hydrogen-bond donors (Lipinski definition) is 5. The first-order valence-corrected chi connectivity index (χ1v) is 14.6. The third kappa shape index (κ3) is 6.73. The smallest absolute Gasteiger partial charge is 0.323 e. The molecular weight excluding hydrogens is 534 g/mol. The number of carboxylic acid groups (broad SMARTS) is 1. The summed E-state index contributed by atoms with van der Waals surface area (Å²) in [6, 6.07) is 8.72. The van der Waals surface area contributed by atoms with Gasteiger partial charge in [-0.05, 0) is 56.8 Å². The number of carbonyl (C=O) groups is 2. The number of nitrogens with zero attached hydrogens (tertiary/aromatic N) is 3. The van der Waals surface area contributed by atoms with E-state index in [0.29, 0.717) is 28.6 Å². The second-order valence-electron chi connectivity index (χ2n) is 9.75. The van der Waals surface area contributed by atoms with E-state index in [2.05, 4.69) is 30.8 Å². The predicted octanol–water partition coefficient (Wildman–Crippen LogP) is 1.22. The van der Waals surface area contributed by atoms with Crippen molar-refractivity contribution in [3.05, 3.63) is 58.8 Å². The standard InChI is InChI=1S/C27H35N7O5S/c1-17-8-4-9-18(2)24(17)40(38,39)33-22(26(36)37)16-31-25(35)20-11-5-10-19-21(32-34(3)23(19)20)12-6-13-28-27-29-14-7-15-30-27/h4-5,8-11,14,22,27-28,30,33H,6-7,12-13,15-16H2,1-3H3,(H,31,35)(H,36,37). The first-order chi connectivity index (χ1) is 19.1. The summed E-state index contributed by atoms with van der Waals surface area (Å²) in [6.07, 6.45) is 4.26. The van der Waals surface area contributed by atoms with Gasteiger partial charge >= 0.3 is 5.97 Å². The molecule has 0 fully saturated rings. The van der Waals surface area contributed by atoms with E-state index in [4.69, 9.17) is 0 Å². The summed E-state index contributed by atoms with van der Waals surface area (Å²) in [7, 11) is -2.40. The van der Waals surface area contributed by atoms with Gasteiger partial charge in [0.25, 0.3) is 5.91 Å². The van der Waals surface area contributed by atoms with Gasteiger partial charge in [-0.1, -0.05) is 30.3 Å². The average Bonchev–Trinajstić information content (AvgIpc) is 3.24. The summed E-state index contributed by atoms with van der Waals surface area (Å²) in [6.45, 7) is 4.47. The SMILES string of the molecule is Cc1cccc(C)c1S(=O)(=O)NC(CNC(=O)c1cccc2c(CCCNC3N=CCCN3)nn(C)c12)C(=O)O. The number of carboxylic acids is 1. The van der Waals surface area contributed by atoms with Crippen molar-refractivity contribution >= 4 is 39.0 Å². The number of carbonyl (C=O) groups excluding carboxylic acids is 1. The number of para-hydroxylation sites is 1. The second kappa shape index (κ2) is 12.7. The molecule has 2 atom stereocenters. The molecule has 13 heteroatoms. The highest BCUT2D eigenvalue weighted by Crippen LogP contribution is 2.23. The van der Waals surface area contributed by atoms with E-state index in [1.807, 2.05) is 12.3 Å². The average molecular weight is 570 g/mol. The van der Waals surface area contributed by atoms with Gasteiger partial charge in [-0.15, -0.1) is 0 Å². The molecule has 0 bridgehead atoms. The van der Waals surface area contributed by atoms with Crippen LogP contribution in [0.5, 0.6) is 0 Å². The van der Waals surface area contributed by atoms with Gasteiger partial charge in [-0.2, -0.15) is 9.82 Å². The third-order valence-electron chi connectivity index (χ3n) is 6.72. The molecule has 2 heterocycles. The molecule has 214 valence electrons. The highest BCUT2D eigenvalue weighted by atomic mass is 32.2. The van der Waals surface area contributed by atoms with Crippen LogP contribution in [0.2, 0.25) is 0 Å². The lowest BCUT2D eigenvalue weighted by Crippen LogP contribution is -2.48. The lowest BCUT2D eigenvalue weighted by molar-refractivity contribution is -0.138. The zero-order chi connectivity index (χ0) is 28.9. The molecular formula is C27H35N7O5S. The van der Waals surface area contributed by atoms with Gasteiger partial charge in [-0.25, -0.2) is 8.42 Å². The van der Waals surface area contributed by atoms with Gasteiger partial charge < -0.3 is 10.4 Å². The second-order valence-corrected chi connectivity index (χ2v) is 11.4. The van der Waals surface area contributed by atoms with Gasteiger partial charge in [0.15, 0.2) is 6.29 Å². The number of nitrogens with one attached hydrogen (secondary N) is 4. The number of rotatable bonds is 12. The largest absolute Gasteiger partial charge is 0.480 e. The van der Waals surface area contributed by atoms with Crippen molar-refractivity contribution in [2.24, 2.45) is 12.0 Å². The molecule has 1 amide bonds. The van der Waals surface area contributed by atoms with E-state index < -0.39 is 34.5 Å². The number of benzene rings is 2. The molecule has 0 saturated carbocycles. The molecule has 40 heavy (non-hydrogen) atoms. The van der Waals surface area contributed by atoms with E-state index in [1.165, 1.54) is 0 Å². The Morgan fingerprint density at radius 1 is 1.18 bits per heavy atom. The number of sulfonamides is 1. The minimum atomic E-state index is -4.15. The number of hydrogen-bond acceptors (Lipinski definition) is 8. The number of aromatic nitrogens is 2. The Balaban J connectivity index is 1.43. The maximum absolute atomic E-state index is 13.2. The van der Waals surface area contributed by atoms with Crippen molar-refractivity contribution in [2.45, 2.75) is 50.3 Å². The minimum Gasteiger partial charge on any atom is -0.480 e. The van der Waals surface area contributed by atoms with Crippen LogP contribution in [0.15, 0.2) is 46.3 Å². The molecule has 0 spiro atoms. The number of aryl methyl sites for hydroxylation is 4. The minimum absolute atomic E-state index is 0.0256. The zero-order valence-corrected chi connectivity index (χ0v) is 23.6. The first-order valence-electron chi connectivity index (χ1n) is 13.1. The lowest BCUT2D eigenvalue weighted by Gasteiger charge is -2.18. The maximum Gasteiger partial charge on any atom is 0.323 e. The van der Waals surface area contributed by atoms with Crippen LogP contribution in [0, 0.1) is 13.8 Å². The Morgan fingerprint density at radius 2 is 1.90 bits per heavy atom. The van der Waals surface area contributed by atoms with Crippen molar-refractivity contribution in [1.82, 2.24) is 30.5 Å². The number of fused-ring (bicyclic) bond motifs is 1. The van der Waals surface area contributed by atoms with Gasteiger partial charge in [0.1, 0.15) is 6.04 Å². The summed E-state index contributed by atoms with van der Waals surface area (Å²) in [4.78, 5) is 29.5. The monoisotopic (exact) mass is 569 g/mol. The van der Waals surface area contributed by atoms with Crippen LogP contribution in [-0.4, -0.2) is 73.4 Å². The first kappa shape index (κ1) is 29.3. The van der Waals surface area contributed by atoms with E-state index in [9.17, 15) is 23.1 Å². The van der Waals surface area contributed by atoms with Crippen LogP contribution >= 0.6 is 0 Å². The van der Waals surface area contributed by atoms with Crippen molar-refractivity contribution in [3.63, 3.8) is 0 Å². The molecule has 1 aromatic heterocycles. The fourth-order valence-corrected chi connectivity index (χ4v) is 6.51. The fourth-order valence-electron chi connectivity index (χ4n) is 4.85. The number of amides is 1. The third-order valence-corrected chi connectivity index (χ3v) is 8.50. The number of aliphatic carboxylic acids is 1. The summed E-state index contributed by atoms with van der Waals surface area (Å²) >= 11 is 0. The molecule has 2 unspecified atom stereocenters. The Hall–Kier alpha value is -3.65. The van der Waals surface area contributed by atoms with Crippen LogP contribution < -0.4 is 20.7 Å². The predicted molar refractivity (Wildman–Crippen MR) is 152 cm³/mol. The zero-order valence-electron chi connectivity index (χ0n) is 22.8. The highest BCUT2D eigenvalue weighted by molar-refractivity contribution is 7.89. The van der Waals surface area contributed by atoms with Crippen LogP contribution in [0.4, 0.5) is 0 Å². The van der Waals surface area contributed by atoms with E-state index in [0.717, 1.165) is 37.0 Å². The van der Waals surface area contributed by atoms with Crippen LogP contribution in [-0.2, 0) is 28.3 Å². The molecule has 4 rings (SSSR count).